The van der Waals surface area contributed by atoms with Gasteiger partial charge in [0.15, 0.2) is 0 Å². The van der Waals surface area contributed by atoms with Gasteiger partial charge >= 0.3 is 7.75 Å². The molecule has 0 saturated carbocycles. The smallest absolute Gasteiger partial charge is 0.409 e. The number of piperidine rings is 1. The molecule has 1 aromatic heterocycles. The molecular weight excluding hydrogens is 389 g/mol. The second kappa shape index (κ2) is 7.88. The van der Waals surface area contributed by atoms with Crippen LogP contribution in [-0.2, 0) is 15.5 Å². The van der Waals surface area contributed by atoms with Gasteiger partial charge in [0, 0.05) is 23.7 Å². The number of hydroxylamine groups is 2. The van der Waals surface area contributed by atoms with Crippen molar-refractivity contribution in [2.75, 3.05) is 0 Å². The Balaban J connectivity index is 1.99. The molecular formula is C21H32N3O4P. The third kappa shape index (κ3) is 4.58. The van der Waals surface area contributed by atoms with E-state index in [0.29, 0.717) is 30.8 Å². The number of para-hydroxylation sites is 1. The molecule has 2 heterocycles. The standard InChI is InChI=1S/C21H32N3O4P/c1-7-19-22-16(2)15-23(19)29(26,27-17-11-9-8-10-12-17)28-18-13-20(3,4)24(25)21(5,6)14-18/h8-12,15,18,25H,7,13-14H2,1-6H3. The lowest BCUT2D eigenvalue weighted by Gasteiger charge is -2.51. The number of hydrogen-bond acceptors (Lipinski definition) is 6. The number of benzene rings is 1. The minimum Gasteiger partial charge on any atom is -0.409 e. The minimum absolute atomic E-state index is 0.356. The van der Waals surface area contributed by atoms with Crippen molar-refractivity contribution in [1.82, 2.24) is 14.4 Å². The summed E-state index contributed by atoms with van der Waals surface area (Å²) >= 11 is 0. The van der Waals surface area contributed by atoms with E-state index in [1.807, 2.05) is 59.7 Å². The first kappa shape index (κ1) is 22.0. The molecule has 8 heteroatoms. The SMILES string of the molecule is CCc1nc(C)cn1P(=O)(Oc1ccccc1)OC1CC(C)(C)N(O)C(C)(C)C1. The highest BCUT2D eigenvalue weighted by atomic mass is 31.2. The van der Waals surface area contributed by atoms with E-state index in [2.05, 4.69) is 4.98 Å². The first-order valence-corrected chi connectivity index (χ1v) is 11.5. The van der Waals surface area contributed by atoms with E-state index < -0.39 is 18.8 Å². The summed E-state index contributed by atoms with van der Waals surface area (Å²) < 4.78 is 28.0. The fourth-order valence-corrected chi connectivity index (χ4v) is 6.08. The van der Waals surface area contributed by atoms with Crippen molar-refractivity contribution in [1.29, 1.82) is 0 Å². The second-order valence-electron chi connectivity index (χ2n) is 8.94. The number of imidazole rings is 1. The molecule has 3 rings (SSSR count). The van der Waals surface area contributed by atoms with Gasteiger partial charge in [-0.1, -0.05) is 25.1 Å². The quantitative estimate of drug-likeness (QED) is 0.645. The summed E-state index contributed by atoms with van der Waals surface area (Å²) in [6, 6.07) is 9.05. The maximum absolute atomic E-state index is 14.2. The fourth-order valence-electron chi connectivity index (χ4n) is 4.16. The number of nitrogens with zero attached hydrogens (tertiary/aromatic N) is 3. The summed E-state index contributed by atoms with van der Waals surface area (Å²) in [5, 5.41) is 12.0. The zero-order valence-corrected chi connectivity index (χ0v) is 19.0. The van der Waals surface area contributed by atoms with Crippen LogP contribution in [0.25, 0.3) is 0 Å². The highest BCUT2D eigenvalue weighted by Crippen LogP contribution is 2.54. The van der Waals surface area contributed by atoms with Gasteiger partial charge in [-0.3, -0.25) is 4.52 Å². The molecule has 1 aromatic carbocycles. The van der Waals surface area contributed by atoms with Crippen LogP contribution < -0.4 is 4.52 Å². The zero-order valence-electron chi connectivity index (χ0n) is 18.1. The van der Waals surface area contributed by atoms with Crippen LogP contribution in [-0.4, -0.2) is 36.8 Å². The Hall–Kier alpha value is -1.66. The predicted molar refractivity (Wildman–Crippen MR) is 112 cm³/mol. The molecule has 0 bridgehead atoms. The van der Waals surface area contributed by atoms with Crippen molar-refractivity contribution in [3.05, 3.63) is 48.0 Å². The van der Waals surface area contributed by atoms with Crippen LogP contribution in [0.4, 0.5) is 0 Å². The summed E-state index contributed by atoms with van der Waals surface area (Å²) in [5.41, 5.74) is -0.293. The van der Waals surface area contributed by atoms with E-state index in [-0.39, 0.29) is 6.10 Å². The maximum Gasteiger partial charge on any atom is 0.494 e. The lowest BCUT2D eigenvalue weighted by Crippen LogP contribution is -2.60. The molecule has 1 saturated heterocycles. The van der Waals surface area contributed by atoms with E-state index in [0.717, 1.165) is 5.69 Å². The van der Waals surface area contributed by atoms with Crippen molar-refractivity contribution < 1.29 is 18.8 Å². The van der Waals surface area contributed by atoms with E-state index >= 15 is 0 Å². The number of rotatable bonds is 6. The third-order valence-corrected chi connectivity index (χ3v) is 7.19. The molecule has 0 radical (unpaired) electrons. The van der Waals surface area contributed by atoms with Crippen LogP contribution in [0.3, 0.4) is 0 Å². The Morgan fingerprint density at radius 3 is 2.31 bits per heavy atom. The van der Waals surface area contributed by atoms with Crippen LogP contribution in [0.2, 0.25) is 0 Å². The van der Waals surface area contributed by atoms with Crippen LogP contribution in [0.1, 0.15) is 59.0 Å². The average Bonchev–Trinajstić information content (AvgIpc) is 3.02. The van der Waals surface area contributed by atoms with Gasteiger partial charge in [0.2, 0.25) is 0 Å². The Labute approximate surface area is 173 Å². The zero-order chi connectivity index (χ0) is 21.4. The van der Waals surface area contributed by atoms with Crippen molar-refractivity contribution in [3.63, 3.8) is 0 Å². The van der Waals surface area contributed by atoms with Gasteiger partial charge in [-0.05, 0) is 59.6 Å². The van der Waals surface area contributed by atoms with Gasteiger partial charge in [-0.25, -0.2) is 13.9 Å². The molecule has 0 amide bonds. The Kier molecular flexibility index (Phi) is 5.98. The Morgan fingerprint density at radius 1 is 1.17 bits per heavy atom. The minimum atomic E-state index is -3.77. The summed E-state index contributed by atoms with van der Waals surface area (Å²) in [6.45, 7) is 11.6. The van der Waals surface area contributed by atoms with E-state index in [1.165, 1.54) is 5.06 Å². The monoisotopic (exact) mass is 421 g/mol. The first-order valence-electron chi connectivity index (χ1n) is 10.0. The topological polar surface area (TPSA) is 76.8 Å². The Bertz CT molecular complexity index is 877. The van der Waals surface area contributed by atoms with Gasteiger partial charge in [-0.2, -0.15) is 5.06 Å². The van der Waals surface area contributed by atoms with E-state index in [1.54, 1.807) is 22.7 Å². The van der Waals surface area contributed by atoms with Gasteiger partial charge in [-0.15, -0.1) is 0 Å². The first-order chi connectivity index (χ1) is 13.5. The van der Waals surface area contributed by atoms with E-state index in [4.69, 9.17) is 9.05 Å². The number of aromatic nitrogens is 2. The Morgan fingerprint density at radius 2 is 1.76 bits per heavy atom. The van der Waals surface area contributed by atoms with Crippen LogP contribution in [0.5, 0.6) is 5.75 Å². The summed E-state index contributed by atoms with van der Waals surface area (Å²) in [5.74, 6) is 1.13. The summed E-state index contributed by atoms with van der Waals surface area (Å²) in [4.78, 5) is 4.48. The molecule has 29 heavy (non-hydrogen) atoms. The van der Waals surface area contributed by atoms with Crippen LogP contribution >= 0.6 is 7.75 Å². The predicted octanol–water partition coefficient (Wildman–Crippen LogP) is 5.22. The summed E-state index contributed by atoms with van der Waals surface area (Å²) in [7, 11) is -3.77. The highest BCUT2D eigenvalue weighted by molar-refractivity contribution is 7.52. The lowest BCUT2D eigenvalue weighted by atomic mass is 9.80. The van der Waals surface area contributed by atoms with Gasteiger partial charge in [0.1, 0.15) is 11.6 Å². The van der Waals surface area contributed by atoms with Crippen molar-refractivity contribution in [3.8, 4) is 5.75 Å². The molecule has 1 atom stereocenters. The van der Waals surface area contributed by atoms with Crippen LogP contribution in [0.15, 0.2) is 36.5 Å². The van der Waals surface area contributed by atoms with Gasteiger partial charge < -0.3 is 9.73 Å². The second-order valence-corrected chi connectivity index (χ2v) is 10.7. The highest BCUT2D eigenvalue weighted by Gasteiger charge is 2.48. The molecule has 7 nitrogen and oxygen atoms in total. The molecule has 2 aromatic rings. The normalized spacial score (nSPS) is 21.6. The van der Waals surface area contributed by atoms with Crippen molar-refractivity contribution in [2.24, 2.45) is 0 Å². The van der Waals surface area contributed by atoms with Crippen molar-refractivity contribution >= 4 is 7.75 Å². The number of hydrogen-bond donors (Lipinski definition) is 1. The number of aryl methyl sites for hydroxylation is 2. The van der Waals surface area contributed by atoms with Crippen LogP contribution in [0, 0.1) is 6.92 Å². The molecule has 1 unspecified atom stereocenters. The van der Waals surface area contributed by atoms with Gasteiger partial charge in [0.25, 0.3) is 0 Å². The summed E-state index contributed by atoms with van der Waals surface area (Å²) in [6.07, 6.45) is 3.00. The molecule has 1 aliphatic rings. The van der Waals surface area contributed by atoms with Crippen molar-refractivity contribution in [2.45, 2.75) is 78.0 Å². The largest absolute Gasteiger partial charge is 0.494 e. The molecule has 160 valence electrons. The molecule has 1 fully saturated rings. The lowest BCUT2D eigenvalue weighted by molar-refractivity contribution is -0.255. The molecule has 1 aliphatic heterocycles. The van der Waals surface area contributed by atoms with E-state index in [9.17, 15) is 9.77 Å². The molecule has 0 spiro atoms. The maximum atomic E-state index is 14.2. The fraction of sp³-hybridized carbons (Fsp3) is 0.571. The molecule has 1 N–H and O–H groups in total. The molecule has 0 aliphatic carbocycles. The average molecular weight is 421 g/mol. The van der Waals surface area contributed by atoms with Gasteiger partial charge in [0.05, 0.1) is 11.8 Å². The third-order valence-electron chi connectivity index (χ3n) is 5.31.